The first kappa shape index (κ1) is 14.4. The van der Waals surface area contributed by atoms with Crippen LogP contribution in [0.3, 0.4) is 0 Å². The van der Waals surface area contributed by atoms with Gasteiger partial charge in [-0.1, -0.05) is 18.5 Å². The molecule has 1 aromatic heterocycles. The van der Waals surface area contributed by atoms with Crippen molar-refractivity contribution in [1.82, 2.24) is 5.32 Å². The summed E-state index contributed by atoms with van der Waals surface area (Å²) in [5.41, 5.74) is 2.31. The van der Waals surface area contributed by atoms with Gasteiger partial charge in [0.25, 0.3) is 0 Å². The minimum atomic E-state index is 0.808. The number of ether oxygens (including phenoxy) is 1. The van der Waals surface area contributed by atoms with E-state index in [0.29, 0.717) is 0 Å². The van der Waals surface area contributed by atoms with Crippen LogP contribution in [0, 0.1) is 0 Å². The molecule has 0 aliphatic rings. The van der Waals surface area contributed by atoms with E-state index in [4.69, 9.17) is 16.3 Å². The van der Waals surface area contributed by atoms with E-state index in [-0.39, 0.29) is 0 Å². The van der Waals surface area contributed by atoms with Crippen LogP contribution in [-0.4, -0.2) is 13.7 Å². The molecule has 2 rings (SSSR count). The molecule has 0 unspecified atom stereocenters. The highest BCUT2D eigenvalue weighted by Crippen LogP contribution is 2.35. The Morgan fingerprint density at radius 2 is 2.16 bits per heavy atom. The van der Waals surface area contributed by atoms with Crippen LogP contribution in [0.1, 0.15) is 18.9 Å². The molecular formula is C15H18ClNOS. The van der Waals surface area contributed by atoms with Crippen molar-refractivity contribution in [3.8, 4) is 16.2 Å². The van der Waals surface area contributed by atoms with Crippen LogP contribution in [0.4, 0.5) is 0 Å². The lowest BCUT2D eigenvalue weighted by atomic mass is 10.1. The fraction of sp³-hybridized carbons (Fsp3) is 0.333. The summed E-state index contributed by atoms with van der Waals surface area (Å²) >= 11 is 7.85. The standard InChI is InChI=1S/C15H18ClNOS/c1-3-7-17-10-12-9-11(4-5-14(12)18-2)15-13(16)6-8-19-15/h4-6,8-9,17H,3,7,10H2,1-2H3. The fourth-order valence-electron chi connectivity index (χ4n) is 1.96. The van der Waals surface area contributed by atoms with Crippen LogP contribution >= 0.6 is 22.9 Å². The Kier molecular flexibility index (Phi) is 5.25. The number of hydrogen-bond acceptors (Lipinski definition) is 3. The zero-order valence-corrected chi connectivity index (χ0v) is 12.8. The summed E-state index contributed by atoms with van der Waals surface area (Å²) in [7, 11) is 1.70. The topological polar surface area (TPSA) is 21.3 Å². The second-order valence-corrected chi connectivity index (χ2v) is 5.62. The van der Waals surface area contributed by atoms with Gasteiger partial charge in [0.2, 0.25) is 0 Å². The monoisotopic (exact) mass is 295 g/mol. The van der Waals surface area contributed by atoms with E-state index >= 15 is 0 Å². The van der Waals surface area contributed by atoms with Crippen molar-refractivity contribution in [2.75, 3.05) is 13.7 Å². The maximum Gasteiger partial charge on any atom is 0.123 e. The number of hydrogen-bond donors (Lipinski definition) is 1. The van der Waals surface area contributed by atoms with Gasteiger partial charge in [0.05, 0.1) is 17.0 Å². The van der Waals surface area contributed by atoms with E-state index in [1.807, 2.05) is 17.5 Å². The molecule has 2 aromatic rings. The second-order valence-electron chi connectivity index (χ2n) is 4.30. The lowest BCUT2D eigenvalue weighted by molar-refractivity contribution is 0.408. The zero-order chi connectivity index (χ0) is 13.7. The fourth-order valence-corrected chi connectivity index (χ4v) is 3.12. The normalized spacial score (nSPS) is 10.7. The predicted octanol–water partition coefficient (Wildman–Crippen LogP) is 4.58. The number of methoxy groups -OCH3 is 1. The van der Waals surface area contributed by atoms with Crippen molar-refractivity contribution in [3.05, 3.63) is 40.2 Å². The van der Waals surface area contributed by atoms with Crippen LogP contribution < -0.4 is 10.1 Å². The minimum Gasteiger partial charge on any atom is -0.496 e. The molecule has 0 bridgehead atoms. The van der Waals surface area contributed by atoms with E-state index in [2.05, 4.69) is 24.4 Å². The third-order valence-corrected chi connectivity index (χ3v) is 4.29. The molecule has 0 spiro atoms. The smallest absolute Gasteiger partial charge is 0.123 e. The van der Waals surface area contributed by atoms with Gasteiger partial charge in [0, 0.05) is 12.1 Å². The van der Waals surface area contributed by atoms with Gasteiger partial charge >= 0.3 is 0 Å². The average molecular weight is 296 g/mol. The molecule has 19 heavy (non-hydrogen) atoms. The lowest BCUT2D eigenvalue weighted by Gasteiger charge is -2.11. The largest absolute Gasteiger partial charge is 0.496 e. The highest BCUT2D eigenvalue weighted by atomic mass is 35.5. The molecule has 2 nitrogen and oxygen atoms in total. The molecule has 0 fully saturated rings. The number of halogens is 1. The Morgan fingerprint density at radius 3 is 2.79 bits per heavy atom. The van der Waals surface area contributed by atoms with E-state index in [9.17, 15) is 0 Å². The van der Waals surface area contributed by atoms with Crippen molar-refractivity contribution in [3.63, 3.8) is 0 Å². The van der Waals surface area contributed by atoms with Crippen LogP contribution in [0.15, 0.2) is 29.6 Å². The van der Waals surface area contributed by atoms with E-state index in [1.54, 1.807) is 18.4 Å². The number of thiophene rings is 1. The Balaban J connectivity index is 2.27. The Labute approximate surface area is 123 Å². The minimum absolute atomic E-state index is 0.808. The molecule has 0 radical (unpaired) electrons. The van der Waals surface area contributed by atoms with E-state index in [1.165, 1.54) is 0 Å². The third-order valence-electron chi connectivity index (χ3n) is 2.90. The lowest BCUT2D eigenvalue weighted by Crippen LogP contribution is -2.14. The second kappa shape index (κ2) is 6.94. The highest BCUT2D eigenvalue weighted by molar-refractivity contribution is 7.14. The van der Waals surface area contributed by atoms with Gasteiger partial charge in [-0.05, 0) is 48.2 Å². The summed E-state index contributed by atoms with van der Waals surface area (Å²) in [4.78, 5) is 1.11. The summed E-state index contributed by atoms with van der Waals surface area (Å²) in [5.74, 6) is 0.917. The van der Waals surface area contributed by atoms with Crippen molar-refractivity contribution >= 4 is 22.9 Å². The van der Waals surface area contributed by atoms with Gasteiger partial charge in [0.1, 0.15) is 5.75 Å². The molecule has 0 aliphatic carbocycles. The summed E-state index contributed by atoms with van der Waals surface area (Å²) in [6, 6.07) is 8.15. The molecule has 0 amide bonds. The van der Waals surface area contributed by atoms with Gasteiger partial charge in [-0.25, -0.2) is 0 Å². The summed E-state index contributed by atoms with van der Waals surface area (Å²) in [5, 5.41) is 6.22. The van der Waals surface area contributed by atoms with Crippen LogP contribution in [0.5, 0.6) is 5.75 Å². The Bertz CT molecular complexity index is 539. The highest BCUT2D eigenvalue weighted by Gasteiger charge is 2.09. The first-order valence-corrected chi connectivity index (χ1v) is 7.63. The van der Waals surface area contributed by atoms with Gasteiger partial charge in [-0.15, -0.1) is 11.3 Å². The maximum atomic E-state index is 6.19. The van der Waals surface area contributed by atoms with E-state index in [0.717, 1.165) is 46.3 Å². The van der Waals surface area contributed by atoms with Gasteiger partial charge in [-0.3, -0.25) is 0 Å². The molecule has 102 valence electrons. The molecule has 0 atom stereocenters. The first-order chi connectivity index (χ1) is 9.26. The molecule has 1 heterocycles. The first-order valence-electron chi connectivity index (χ1n) is 6.37. The predicted molar refractivity (Wildman–Crippen MR) is 83.3 cm³/mol. The van der Waals surface area contributed by atoms with Crippen molar-refractivity contribution in [2.24, 2.45) is 0 Å². The Morgan fingerprint density at radius 1 is 1.32 bits per heavy atom. The van der Waals surface area contributed by atoms with Crippen LogP contribution in [0.2, 0.25) is 5.02 Å². The van der Waals surface area contributed by atoms with Crippen LogP contribution in [-0.2, 0) is 6.54 Å². The zero-order valence-electron chi connectivity index (χ0n) is 11.2. The summed E-state index contributed by atoms with van der Waals surface area (Å²) in [6.45, 7) is 3.98. The van der Waals surface area contributed by atoms with Crippen molar-refractivity contribution in [2.45, 2.75) is 19.9 Å². The molecule has 0 saturated heterocycles. The molecule has 0 saturated carbocycles. The summed E-state index contributed by atoms with van der Waals surface area (Å²) in [6.07, 6.45) is 1.12. The van der Waals surface area contributed by atoms with E-state index < -0.39 is 0 Å². The molecule has 1 N–H and O–H groups in total. The number of nitrogens with one attached hydrogen (secondary N) is 1. The summed E-state index contributed by atoms with van der Waals surface area (Å²) < 4.78 is 5.41. The van der Waals surface area contributed by atoms with Crippen LogP contribution in [0.25, 0.3) is 10.4 Å². The third kappa shape index (κ3) is 3.50. The van der Waals surface area contributed by atoms with Gasteiger partial charge < -0.3 is 10.1 Å². The Hall–Kier alpha value is -1.03. The molecular weight excluding hydrogens is 278 g/mol. The van der Waals surface area contributed by atoms with Crippen molar-refractivity contribution in [1.29, 1.82) is 0 Å². The molecule has 0 aliphatic heterocycles. The number of rotatable bonds is 6. The average Bonchev–Trinajstić information content (AvgIpc) is 2.85. The van der Waals surface area contributed by atoms with Gasteiger partial charge in [-0.2, -0.15) is 0 Å². The van der Waals surface area contributed by atoms with Gasteiger partial charge in [0.15, 0.2) is 0 Å². The molecule has 1 aromatic carbocycles. The quantitative estimate of drug-likeness (QED) is 0.788. The molecule has 4 heteroatoms. The SMILES string of the molecule is CCCNCc1cc(-c2sccc2Cl)ccc1OC. The number of benzene rings is 1. The maximum absolute atomic E-state index is 6.19. The van der Waals surface area contributed by atoms with Crippen molar-refractivity contribution < 1.29 is 4.74 Å².